The highest BCUT2D eigenvalue weighted by atomic mass is 16.8. The van der Waals surface area contributed by atoms with E-state index in [1.54, 1.807) is 5.48 Å². The van der Waals surface area contributed by atoms with E-state index in [1.807, 2.05) is 0 Å². The number of rotatable bonds is 4. The van der Waals surface area contributed by atoms with Crippen LogP contribution in [-0.4, -0.2) is 59.0 Å². The first-order chi connectivity index (χ1) is 11.5. The van der Waals surface area contributed by atoms with Crippen LogP contribution in [0.15, 0.2) is 17.1 Å². The van der Waals surface area contributed by atoms with E-state index >= 15 is 0 Å². The second-order valence-electron chi connectivity index (χ2n) is 4.94. The molecule has 1 aromatic rings. The number of hydrogen-bond acceptors (Lipinski definition) is 10. The van der Waals surface area contributed by atoms with Crippen molar-refractivity contribution < 1.29 is 33.7 Å². The molecule has 3 heterocycles. The monoisotopic (exact) mass is 342 g/mol. The molecule has 0 unspecified atom stereocenters. The van der Waals surface area contributed by atoms with Crippen molar-refractivity contribution in [2.45, 2.75) is 24.5 Å². The highest BCUT2D eigenvalue weighted by molar-refractivity contribution is 5.66. The van der Waals surface area contributed by atoms with Crippen LogP contribution >= 0.6 is 0 Å². The van der Waals surface area contributed by atoms with Gasteiger partial charge in [-0.3, -0.25) is 15.3 Å². The second kappa shape index (κ2) is 6.33. The molecule has 3 N–H and O–H groups in total. The van der Waals surface area contributed by atoms with E-state index in [4.69, 9.17) is 24.2 Å². The van der Waals surface area contributed by atoms with Crippen molar-refractivity contribution in [3.63, 3.8) is 0 Å². The number of carbonyl (C=O) groups is 2. The molecule has 0 aromatic carbocycles. The summed E-state index contributed by atoms with van der Waals surface area (Å²) in [5.74, 6) is -0.0510. The molecule has 0 spiro atoms. The molecule has 1 aromatic heterocycles. The summed E-state index contributed by atoms with van der Waals surface area (Å²) in [7, 11) is 1.39. The molecular weight excluding hydrogens is 328 g/mol. The van der Waals surface area contributed by atoms with Crippen LogP contribution in [0.1, 0.15) is 6.23 Å². The molecule has 3 rings (SSSR count). The fourth-order valence-corrected chi connectivity index (χ4v) is 2.48. The third kappa shape index (κ3) is 2.83. The van der Waals surface area contributed by atoms with Crippen LogP contribution in [-0.2, 0) is 18.9 Å². The number of alkyl carbamates (subject to hydrolysis) is 1. The van der Waals surface area contributed by atoms with Gasteiger partial charge in [-0.05, 0) is 6.07 Å². The first-order valence-corrected chi connectivity index (χ1v) is 6.90. The summed E-state index contributed by atoms with van der Waals surface area (Å²) in [6.07, 6.45) is -3.83. The molecule has 0 bridgehead atoms. The maximum absolute atomic E-state index is 12.0. The lowest BCUT2D eigenvalue weighted by atomic mass is 10.1. The Morgan fingerprint density at radius 1 is 1.42 bits per heavy atom. The van der Waals surface area contributed by atoms with Crippen molar-refractivity contribution in [2.24, 2.45) is 0 Å². The van der Waals surface area contributed by atoms with Crippen molar-refractivity contribution in [1.82, 2.24) is 14.9 Å². The lowest BCUT2D eigenvalue weighted by Crippen LogP contribution is -2.35. The van der Waals surface area contributed by atoms with Crippen LogP contribution in [0, 0.1) is 0 Å². The summed E-state index contributed by atoms with van der Waals surface area (Å²) >= 11 is 0. The zero-order chi connectivity index (χ0) is 17.3. The van der Waals surface area contributed by atoms with E-state index in [0.29, 0.717) is 0 Å². The highest BCUT2D eigenvalue weighted by Gasteiger charge is 2.55. The number of carbonyl (C=O) groups excluding carboxylic acids is 2. The molecule has 12 nitrogen and oxygen atoms in total. The number of aromatic nitrogens is 2. The fourth-order valence-electron chi connectivity index (χ4n) is 2.48. The lowest BCUT2D eigenvalue weighted by molar-refractivity contribution is -0.0748. The average molecular weight is 342 g/mol. The van der Waals surface area contributed by atoms with Crippen LogP contribution in [0.3, 0.4) is 0 Å². The quantitative estimate of drug-likeness (QED) is 0.468. The SMILES string of the molecule is CNC(=O)OC[C@H]1O[C@@H](n2ccc(NO)nc2=O)[C@@H]2OC(=O)O[C@@H]21. The number of nitrogens with one attached hydrogen (secondary N) is 2. The molecule has 0 aliphatic carbocycles. The Balaban J connectivity index is 1.82. The summed E-state index contributed by atoms with van der Waals surface area (Å²) in [6, 6.07) is 1.33. The van der Waals surface area contributed by atoms with Gasteiger partial charge < -0.3 is 24.3 Å². The topological polar surface area (TPSA) is 150 Å². The van der Waals surface area contributed by atoms with E-state index < -0.39 is 42.5 Å². The lowest BCUT2D eigenvalue weighted by Gasteiger charge is -2.18. The van der Waals surface area contributed by atoms with Crippen LogP contribution < -0.4 is 16.5 Å². The maximum atomic E-state index is 12.0. The van der Waals surface area contributed by atoms with Gasteiger partial charge in [0, 0.05) is 13.2 Å². The van der Waals surface area contributed by atoms with Gasteiger partial charge in [-0.1, -0.05) is 0 Å². The standard InChI is InChI=1S/C12H14N4O8/c1-13-11(18)21-4-5-7-8(24-12(19)23-7)9(22-5)16-3-2-6(15-20)14-10(16)17/h2-3,5,7-9,20H,4H2,1H3,(H,13,18)(H,14,15,17)/t5-,7-,8-,9-/m1/s1. The molecule has 130 valence electrons. The van der Waals surface area contributed by atoms with Crippen LogP contribution in [0.4, 0.5) is 15.4 Å². The zero-order valence-corrected chi connectivity index (χ0v) is 12.4. The predicted molar refractivity (Wildman–Crippen MR) is 73.4 cm³/mol. The Kier molecular flexibility index (Phi) is 4.22. The van der Waals surface area contributed by atoms with Crippen molar-refractivity contribution in [3.8, 4) is 0 Å². The number of hydrogen-bond donors (Lipinski definition) is 3. The van der Waals surface area contributed by atoms with Gasteiger partial charge in [0.2, 0.25) is 0 Å². The summed E-state index contributed by atoms with van der Waals surface area (Å²) in [4.78, 5) is 38.2. The van der Waals surface area contributed by atoms with Crippen molar-refractivity contribution in [3.05, 3.63) is 22.7 Å². The molecule has 0 radical (unpaired) electrons. The minimum Gasteiger partial charge on any atom is -0.447 e. The van der Waals surface area contributed by atoms with Gasteiger partial charge in [0.1, 0.15) is 12.7 Å². The number of ether oxygens (including phenoxy) is 4. The van der Waals surface area contributed by atoms with E-state index in [-0.39, 0.29) is 12.4 Å². The van der Waals surface area contributed by atoms with Crippen molar-refractivity contribution in [1.29, 1.82) is 0 Å². The van der Waals surface area contributed by atoms with Crippen LogP contribution in [0.5, 0.6) is 0 Å². The third-order valence-electron chi connectivity index (χ3n) is 3.55. The zero-order valence-electron chi connectivity index (χ0n) is 12.4. The molecule has 1 amide bonds. The largest absolute Gasteiger partial charge is 0.509 e. The molecule has 2 fully saturated rings. The molecule has 2 aliphatic rings. The normalized spacial score (nSPS) is 27.8. The van der Waals surface area contributed by atoms with Crippen molar-refractivity contribution in [2.75, 3.05) is 19.1 Å². The molecule has 0 saturated carbocycles. The van der Waals surface area contributed by atoms with Crippen LogP contribution in [0.25, 0.3) is 0 Å². The summed E-state index contributed by atoms with van der Waals surface area (Å²) in [5, 5.41) is 11.0. The van der Waals surface area contributed by atoms with Gasteiger partial charge in [0.05, 0.1) is 0 Å². The Bertz CT molecular complexity index is 707. The molecule has 12 heteroatoms. The molecular formula is C12H14N4O8. The number of amides is 1. The van der Waals surface area contributed by atoms with E-state index in [0.717, 1.165) is 4.57 Å². The number of nitrogens with zero attached hydrogens (tertiary/aromatic N) is 2. The molecule has 2 saturated heterocycles. The average Bonchev–Trinajstić information content (AvgIpc) is 3.10. The summed E-state index contributed by atoms with van der Waals surface area (Å²) in [5.41, 5.74) is 1.01. The summed E-state index contributed by atoms with van der Waals surface area (Å²) in [6.45, 7) is -0.202. The Morgan fingerprint density at radius 2 is 2.17 bits per heavy atom. The minimum atomic E-state index is -1.01. The van der Waals surface area contributed by atoms with Gasteiger partial charge in [0.25, 0.3) is 0 Å². The number of fused-ring (bicyclic) bond motifs is 1. The first-order valence-electron chi connectivity index (χ1n) is 6.90. The molecule has 4 atom stereocenters. The van der Waals surface area contributed by atoms with Crippen molar-refractivity contribution >= 4 is 18.1 Å². The smallest absolute Gasteiger partial charge is 0.447 e. The van der Waals surface area contributed by atoms with Gasteiger partial charge in [-0.15, -0.1) is 0 Å². The fraction of sp³-hybridized carbons (Fsp3) is 0.500. The predicted octanol–water partition coefficient (Wildman–Crippen LogP) is -0.798. The Labute approximate surface area is 134 Å². The van der Waals surface area contributed by atoms with Crippen LogP contribution in [0.2, 0.25) is 0 Å². The van der Waals surface area contributed by atoms with Gasteiger partial charge >= 0.3 is 17.9 Å². The van der Waals surface area contributed by atoms with E-state index in [9.17, 15) is 14.4 Å². The number of anilines is 1. The van der Waals surface area contributed by atoms with Gasteiger partial charge in [-0.25, -0.2) is 14.4 Å². The third-order valence-corrected chi connectivity index (χ3v) is 3.55. The van der Waals surface area contributed by atoms with E-state index in [2.05, 4.69) is 10.3 Å². The summed E-state index contributed by atoms with van der Waals surface area (Å²) < 4.78 is 21.7. The molecule has 2 aliphatic heterocycles. The van der Waals surface area contributed by atoms with Gasteiger partial charge in [0.15, 0.2) is 24.3 Å². The Morgan fingerprint density at radius 3 is 2.83 bits per heavy atom. The molecule has 24 heavy (non-hydrogen) atoms. The highest BCUT2D eigenvalue weighted by Crippen LogP contribution is 2.37. The Hall–Kier alpha value is -2.86. The van der Waals surface area contributed by atoms with Gasteiger partial charge in [-0.2, -0.15) is 4.98 Å². The first kappa shape index (κ1) is 16.0. The maximum Gasteiger partial charge on any atom is 0.509 e. The van der Waals surface area contributed by atoms with E-state index in [1.165, 1.54) is 19.3 Å². The minimum absolute atomic E-state index is 0.0510. The second-order valence-corrected chi connectivity index (χ2v) is 4.94.